The largest absolute Gasteiger partial charge is 0.356 e. The van der Waals surface area contributed by atoms with Crippen molar-refractivity contribution in [2.24, 2.45) is 11.1 Å². The van der Waals surface area contributed by atoms with Gasteiger partial charge in [0.2, 0.25) is 10.0 Å². The first-order chi connectivity index (χ1) is 7.71. The number of aromatic nitrogens is 1. The van der Waals surface area contributed by atoms with Crippen LogP contribution in [-0.4, -0.2) is 25.4 Å². The van der Waals surface area contributed by atoms with Gasteiger partial charge in [0.1, 0.15) is 5.69 Å². The third-order valence-electron chi connectivity index (χ3n) is 2.59. The van der Waals surface area contributed by atoms with E-state index < -0.39 is 10.0 Å². The number of primary sulfonamides is 1. The van der Waals surface area contributed by atoms with E-state index in [1.807, 2.05) is 20.8 Å². The third-order valence-corrected chi connectivity index (χ3v) is 3.48. The average Bonchev–Trinajstić information content (AvgIpc) is 2.65. The Labute approximate surface area is 101 Å². The molecule has 1 aromatic heterocycles. The summed E-state index contributed by atoms with van der Waals surface area (Å²) in [4.78, 5) is 14.2. The molecule has 1 rings (SSSR count). The first-order valence-electron chi connectivity index (χ1n) is 5.24. The van der Waals surface area contributed by atoms with Gasteiger partial charge in [0.05, 0.1) is 4.90 Å². The van der Waals surface area contributed by atoms with Gasteiger partial charge in [0.25, 0.3) is 5.91 Å². The topological polar surface area (TPSA) is 105 Å². The number of rotatable bonds is 4. The lowest BCUT2D eigenvalue weighted by Gasteiger charge is -2.16. The lowest BCUT2D eigenvalue weighted by atomic mass is 10.1. The summed E-state index contributed by atoms with van der Waals surface area (Å²) in [6.45, 7) is 5.84. The summed E-state index contributed by atoms with van der Waals surface area (Å²) >= 11 is 0. The zero-order valence-electron chi connectivity index (χ0n) is 10.0. The molecule has 1 amide bonds. The first kappa shape index (κ1) is 13.7. The van der Waals surface area contributed by atoms with Gasteiger partial charge in [-0.3, -0.25) is 4.79 Å². The Bertz CT molecular complexity index is 505. The van der Waals surface area contributed by atoms with Crippen molar-refractivity contribution in [3.05, 3.63) is 18.0 Å². The van der Waals surface area contributed by atoms with Crippen LogP contribution in [0.5, 0.6) is 0 Å². The van der Waals surface area contributed by atoms with Gasteiger partial charge in [-0.1, -0.05) is 13.8 Å². The molecule has 0 aliphatic rings. The van der Waals surface area contributed by atoms with Crippen LogP contribution in [-0.2, 0) is 10.0 Å². The predicted molar refractivity (Wildman–Crippen MR) is 63.9 cm³/mol. The van der Waals surface area contributed by atoms with Gasteiger partial charge in [0, 0.05) is 12.2 Å². The first-order valence-corrected chi connectivity index (χ1v) is 6.78. The Morgan fingerprint density at radius 3 is 2.41 bits per heavy atom. The highest BCUT2D eigenvalue weighted by molar-refractivity contribution is 7.89. The van der Waals surface area contributed by atoms with E-state index in [2.05, 4.69) is 10.3 Å². The smallest absolute Gasteiger partial charge is 0.267 e. The monoisotopic (exact) mass is 259 g/mol. The minimum atomic E-state index is -3.77. The van der Waals surface area contributed by atoms with E-state index in [0.29, 0.717) is 5.92 Å². The number of amides is 1. The standard InChI is InChI=1S/C10H17N3O3S/c1-6(2)7(3)13-10(14)9-4-8(5-12-9)17(11,15)16/h4-7,12H,1-3H3,(H,13,14)(H2,11,15,16). The summed E-state index contributed by atoms with van der Waals surface area (Å²) in [5.41, 5.74) is 0.182. The van der Waals surface area contributed by atoms with Crippen LogP contribution in [0.4, 0.5) is 0 Å². The van der Waals surface area contributed by atoms with Crippen molar-refractivity contribution in [1.29, 1.82) is 0 Å². The van der Waals surface area contributed by atoms with Crippen LogP contribution in [0.15, 0.2) is 17.2 Å². The van der Waals surface area contributed by atoms with Gasteiger partial charge in [-0.25, -0.2) is 13.6 Å². The fourth-order valence-electron chi connectivity index (χ4n) is 1.12. The molecule has 17 heavy (non-hydrogen) atoms. The van der Waals surface area contributed by atoms with E-state index in [0.717, 1.165) is 0 Å². The molecule has 0 aliphatic carbocycles. The fraction of sp³-hybridized carbons (Fsp3) is 0.500. The van der Waals surface area contributed by atoms with Gasteiger partial charge < -0.3 is 10.3 Å². The van der Waals surface area contributed by atoms with E-state index in [1.165, 1.54) is 12.3 Å². The summed E-state index contributed by atoms with van der Waals surface area (Å²) in [7, 11) is -3.77. The summed E-state index contributed by atoms with van der Waals surface area (Å²) in [6.07, 6.45) is 1.20. The molecular formula is C10H17N3O3S. The van der Waals surface area contributed by atoms with Crippen molar-refractivity contribution in [3.8, 4) is 0 Å². The maximum absolute atomic E-state index is 11.7. The van der Waals surface area contributed by atoms with Crippen LogP contribution in [0.3, 0.4) is 0 Å². The highest BCUT2D eigenvalue weighted by atomic mass is 32.2. The summed E-state index contributed by atoms with van der Waals surface area (Å²) < 4.78 is 22.1. The minimum absolute atomic E-state index is 0.00346. The number of carbonyl (C=O) groups is 1. The highest BCUT2D eigenvalue weighted by Crippen LogP contribution is 2.09. The fourth-order valence-corrected chi connectivity index (χ4v) is 1.63. The number of H-pyrrole nitrogens is 1. The lowest BCUT2D eigenvalue weighted by molar-refractivity contribution is 0.0926. The quantitative estimate of drug-likeness (QED) is 0.730. The summed E-state index contributed by atoms with van der Waals surface area (Å²) in [5.74, 6) is -0.0484. The Hall–Kier alpha value is -1.34. The molecule has 0 aromatic carbocycles. The zero-order valence-corrected chi connectivity index (χ0v) is 10.8. The number of hydrogen-bond donors (Lipinski definition) is 3. The molecule has 0 bridgehead atoms. The molecular weight excluding hydrogens is 242 g/mol. The number of nitrogens with two attached hydrogens (primary N) is 1. The zero-order chi connectivity index (χ0) is 13.2. The molecule has 0 radical (unpaired) electrons. The molecule has 7 heteroatoms. The Morgan fingerprint density at radius 1 is 1.41 bits per heavy atom. The number of aromatic amines is 1. The van der Waals surface area contributed by atoms with Crippen molar-refractivity contribution in [3.63, 3.8) is 0 Å². The molecule has 0 aliphatic heterocycles. The van der Waals surface area contributed by atoms with Crippen molar-refractivity contribution in [2.45, 2.75) is 31.7 Å². The van der Waals surface area contributed by atoms with Crippen molar-refractivity contribution in [2.75, 3.05) is 0 Å². The molecule has 0 saturated heterocycles. The van der Waals surface area contributed by atoms with E-state index in [-0.39, 0.29) is 22.5 Å². The summed E-state index contributed by atoms with van der Waals surface area (Å²) in [5, 5.41) is 7.69. The molecule has 1 atom stereocenters. The number of hydrogen-bond acceptors (Lipinski definition) is 3. The molecule has 0 fully saturated rings. The van der Waals surface area contributed by atoms with Crippen LogP contribution in [0.2, 0.25) is 0 Å². The molecule has 0 saturated carbocycles. The van der Waals surface area contributed by atoms with Gasteiger partial charge in [-0.2, -0.15) is 0 Å². The SMILES string of the molecule is CC(C)C(C)NC(=O)c1cc(S(N)(=O)=O)c[nH]1. The second-order valence-corrected chi connectivity index (χ2v) is 5.86. The van der Waals surface area contributed by atoms with Crippen LogP contribution in [0.25, 0.3) is 0 Å². The Morgan fingerprint density at radius 2 is 2.00 bits per heavy atom. The Kier molecular flexibility index (Phi) is 3.94. The minimum Gasteiger partial charge on any atom is -0.356 e. The molecule has 4 N–H and O–H groups in total. The van der Waals surface area contributed by atoms with Crippen LogP contribution in [0.1, 0.15) is 31.3 Å². The van der Waals surface area contributed by atoms with E-state index >= 15 is 0 Å². The summed E-state index contributed by atoms with van der Waals surface area (Å²) in [6, 6.07) is 1.22. The number of nitrogens with one attached hydrogen (secondary N) is 2. The van der Waals surface area contributed by atoms with Crippen LogP contribution in [0, 0.1) is 5.92 Å². The maximum atomic E-state index is 11.7. The van der Waals surface area contributed by atoms with Gasteiger partial charge in [-0.15, -0.1) is 0 Å². The van der Waals surface area contributed by atoms with E-state index in [9.17, 15) is 13.2 Å². The lowest BCUT2D eigenvalue weighted by Crippen LogP contribution is -2.36. The molecule has 1 unspecified atom stereocenters. The van der Waals surface area contributed by atoms with Gasteiger partial charge in [-0.05, 0) is 18.9 Å². The molecule has 1 aromatic rings. The van der Waals surface area contributed by atoms with Crippen LogP contribution < -0.4 is 10.5 Å². The van der Waals surface area contributed by atoms with Crippen LogP contribution >= 0.6 is 0 Å². The predicted octanol–water partition coefficient (Wildman–Crippen LogP) is 0.436. The normalized spacial score (nSPS) is 13.7. The molecule has 0 spiro atoms. The number of sulfonamides is 1. The molecule has 96 valence electrons. The highest BCUT2D eigenvalue weighted by Gasteiger charge is 2.17. The van der Waals surface area contributed by atoms with Crippen molar-refractivity contribution < 1.29 is 13.2 Å². The maximum Gasteiger partial charge on any atom is 0.267 e. The third kappa shape index (κ3) is 3.57. The molecule has 6 nitrogen and oxygen atoms in total. The Balaban J connectivity index is 2.81. The second kappa shape index (κ2) is 4.89. The van der Waals surface area contributed by atoms with Crippen molar-refractivity contribution >= 4 is 15.9 Å². The van der Waals surface area contributed by atoms with E-state index in [4.69, 9.17) is 5.14 Å². The van der Waals surface area contributed by atoms with Gasteiger partial charge >= 0.3 is 0 Å². The number of carbonyl (C=O) groups excluding carboxylic acids is 1. The van der Waals surface area contributed by atoms with Crippen molar-refractivity contribution in [1.82, 2.24) is 10.3 Å². The molecule has 1 heterocycles. The second-order valence-electron chi connectivity index (χ2n) is 4.30. The van der Waals surface area contributed by atoms with E-state index in [1.54, 1.807) is 0 Å². The average molecular weight is 259 g/mol. The van der Waals surface area contributed by atoms with Gasteiger partial charge in [0.15, 0.2) is 0 Å².